The first kappa shape index (κ1) is 20.7. The fraction of sp³-hybridized carbons (Fsp3) is 0.476. The molecule has 1 aromatic carbocycles. The average molecular weight is 371 g/mol. The second-order valence-electron chi connectivity index (χ2n) is 6.73. The summed E-state index contributed by atoms with van der Waals surface area (Å²) >= 11 is 0. The molecule has 0 aliphatic heterocycles. The minimum atomic E-state index is -0.369. The molecule has 0 radical (unpaired) electrons. The Kier molecular flexibility index (Phi) is 7.58. The molecule has 0 fully saturated rings. The molecule has 0 bridgehead atoms. The highest BCUT2D eigenvalue weighted by Gasteiger charge is 2.15. The van der Waals surface area contributed by atoms with Crippen molar-refractivity contribution in [3.8, 4) is 0 Å². The molecule has 6 nitrogen and oxygen atoms in total. The van der Waals surface area contributed by atoms with E-state index in [1.54, 1.807) is 6.92 Å². The molecule has 0 aliphatic rings. The molecule has 27 heavy (non-hydrogen) atoms. The summed E-state index contributed by atoms with van der Waals surface area (Å²) in [6.07, 6.45) is 3.22. The van der Waals surface area contributed by atoms with Gasteiger partial charge in [0.2, 0.25) is 0 Å². The van der Waals surface area contributed by atoms with Gasteiger partial charge in [0.25, 0.3) is 5.91 Å². The molecule has 1 amide bonds. The topological polar surface area (TPSA) is 75.3 Å². The van der Waals surface area contributed by atoms with Crippen LogP contribution >= 0.6 is 0 Å². The first-order chi connectivity index (χ1) is 13.0. The molecular formula is C21H29N3O3. The summed E-state index contributed by atoms with van der Waals surface area (Å²) in [5.74, 6) is 0.509. The fourth-order valence-electron chi connectivity index (χ4n) is 2.88. The van der Waals surface area contributed by atoms with Gasteiger partial charge in [-0.15, -0.1) is 0 Å². The van der Waals surface area contributed by atoms with Gasteiger partial charge in [0.05, 0.1) is 17.6 Å². The van der Waals surface area contributed by atoms with Crippen LogP contribution in [0, 0.1) is 0 Å². The quantitative estimate of drug-likeness (QED) is 0.391. The largest absolute Gasteiger partial charge is 0.462 e. The highest BCUT2D eigenvalue weighted by Crippen LogP contribution is 2.16. The molecule has 0 saturated carbocycles. The van der Waals surface area contributed by atoms with Gasteiger partial charge >= 0.3 is 5.97 Å². The Bertz CT molecular complexity index is 804. The third-order valence-electron chi connectivity index (χ3n) is 4.19. The number of carbonyl (C=O) groups is 2. The van der Waals surface area contributed by atoms with Crippen LogP contribution in [0.25, 0.3) is 11.0 Å². The lowest BCUT2D eigenvalue weighted by molar-refractivity contribution is -0.139. The molecule has 2 aromatic rings. The van der Waals surface area contributed by atoms with Crippen LogP contribution in [0.15, 0.2) is 30.4 Å². The number of amides is 1. The fourth-order valence-corrected chi connectivity index (χ4v) is 2.88. The smallest absolute Gasteiger partial charge is 0.333 e. The molecule has 6 heteroatoms. The number of nitrogens with zero attached hydrogens (tertiary/aromatic N) is 2. The van der Waals surface area contributed by atoms with E-state index in [-0.39, 0.29) is 11.9 Å². The van der Waals surface area contributed by atoms with Gasteiger partial charge in [-0.1, -0.05) is 20.4 Å². The maximum Gasteiger partial charge on any atom is 0.333 e. The zero-order chi connectivity index (χ0) is 19.8. The summed E-state index contributed by atoms with van der Waals surface area (Å²) in [5.41, 5.74) is 2.76. The van der Waals surface area contributed by atoms with E-state index in [1.807, 2.05) is 23.1 Å². The molecule has 1 heterocycles. The zero-order valence-electron chi connectivity index (χ0n) is 16.5. The van der Waals surface area contributed by atoms with E-state index < -0.39 is 0 Å². The number of hydrogen-bond acceptors (Lipinski definition) is 4. The number of aromatic nitrogens is 2. The van der Waals surface area contributed by atoms with Crippen LogP contribution < -0.4 is 0 Å². The molecule has 0 spiro atoms. The highest BCUT2D eigenvalue weighted by molar-refractivity contribution is 5.97. The third kappa shape index (κ3) is 5.67. The summed E-state index contributed by atoms with van der Waals surface area (Å²) in [4.78, 5) is 33.8. The highest BCUT2D eigenvalue weighted by atomic mass is 16.5. The van der Waals surface area contributed by atoms with Crippen LogP contribution in [0.4, 0.5) is 0 Å². The standard InChI is InChI=1S/C21H29N3O3/c1-5-11-24(12-6-2)20(25)16-9-10-17-18(14-16)23-19(22-17)8-7-13-27-21(26)15(3)4/h9-10,14H,3,5-8,11-13H2,1-2,4H3,(H,22,23). The van der Waals surface area contributed by atoms with Crippen LogP contribution in [0.1, 0.15) is 56.2 Å². The summed E-state index contributed by atoms with van der Waals surface area (Å²) in [5, 5.41) is 0. The number of hydrogen-bond donors (Lipinski definition) is 1. The predicted octanol–water partition coefficient (Wildman–Crippen LogP) is 3.88. The molecule has 0 unspecified atom stereocenters. The first-order valence-corrected chi connectivity index (χ1v) is 9.56. The lowest BCUT2D eigenvalue weighted by Gasteiger charge is -2.21. The summed E-state index contributed by atoms with van der Waals surface area (Å²) in [6.45, 7) is 11.2. The maximum atomic E-state index is 12.7. The van der Waals surface area contributed by atoms with Gasteiger partial charge in [-0.3, -0.25) is 4.79 Å². The maximum absolute atomic E-state index is 12.7. The van der Waals surface area contributed by atoms with Gasteiger partial charge in [0.15, 0.2) is 0 Å². The summed E-state index contributed by atoms with van der Waals surface area (Å²) in [7, 11) is 0. The number of nitrogens with one attached hydrogen (secondary N) is 1. The Morgan fingerprint density at radius 3 is 2.56 bits per heavy atom. The van der Waals surface area contributed by atoms with Crippen molar-refractivity contribution in [3.05, 3.63) is 41.7 Å². The number of aryl methyl sites for hydroxylation is 1. The molecule has 1 N–H and O–H groups in total. The van der Waals surface area contributed by atoms with E-state index in [2.05, 4.69) is 30.4 Å². The van der Waals surface area contributed by atoms with Gasteiger partial charge in [0.1, 0.15) is 5.82 Å². The monoisotopic (exact) mass is 371 g/mol. The molecule has 0 saturated heterocycles. The Hall–Kier alpha value is -2.63. The van der Waals surface area contributed by atoms with Crippen molar-refractivity contribution < 1.29 is 14.3 Å². The van der Waals surface area contributed by atoms with E-state index in [0.717, 1.165) is 42.8 Å². The second kappa shape index (κ2) is 9.90. The Morgan fingerprint density at radius 2 is 1.93 bits per heavy atom. The number of rotatable bonds is 10. The average Bonchev–Trinajstić information content (AvgIpc) is 3.06. The van der Waals surface area contributed by atoms with Gasteiger partial charge < -0.3 is 14.6 Å². The Morgan fingerprint density at radius 1 is 1.22 bits per heavy atom. The number of aromatic amines is 1. The molecule has 0 atom stereocenters. The van der Waals surface area contributed by atoms with Crippen molar-refractivity contribution in [2.24, 2.45) is 0 Å². The summed E-state index contributed by atoms with van der Waals surface area (Å²) < 4.78 is 5.09. The first-order valence-electron chi connectivity index (χ1n) is 9.56. The van der Waals surface area contributed by atoms with E-state index >= 15 is 0 Å². The van der Waals surface area contributed by atoms with Crippen LogP contribution in [0.3, 0.4) is 0 Å². The minimum absolute atomic E-state index is 0.0588. The second-order valence-corrected chi connectivity index (χ2v) is 6.73. The SMILES string of the molecule is C=C(C)C(=O)OCCCc1nc2ccc(C(=O)N(CCC)CCC)cc2[nH]1. The van der Waals surface area contributed by atoms with Gasteiger partial charge in [-0.2, -0.15) is 0 Å². The van der Waals surface area contributed by atoms with Crippen LogP contribution in [-0.4, -0.2) is 46.4 Å². The number of esters is 1. The van der Waals surface area contributed by atoms with Crippen LogP contribution in [0.5, 0.6) is 0 Å². The lowest BCUT2D eigenvalue weighted by Crippen LogP contribution is -2.32. The number of fused-ring (bicyclic) bond motifs is 1. The zero-order valence-corrected chi connectivity index (χ0v) is 16.5. The van der Waals surface area contributed by atoms with Crippen molar-refractivity contribution in [3.63, 3.8) is 0 Å². The normalized spacial score (nSPS) is 10.8. The minimum Gasteiger partial charge on any atom is -0.462 e. The van der Waals surface area contributed by atoms with E-state index in [1.165, 1.54) is 0 Å². The predicted molar refractivity (Wildman–Crippen MR) is 107 cm³/mol. The molecule has 2 rings (SSSR count). The Labute approximate surface area is 160 Å². The molecule has 0 aliphatic carbocycles. The third-order valence-corrected chi connectivity index (χ3v) is 4.19. The van der Waals surface area contributed by atoms with Crippen molar-refractivity contribution in [1.82, 2.24) is 14.9 Å². The number of imidazole rings is 1. The number of ether oxygens (including phenoxy) is 1. The van der Waals surface area contributed by atoms with Crippen LogP contribution in [-0.2, 0) is 16.0 Å². The van der Waals surface area contributed by atoms with Gasteiger partial charge in [-0.25, -0.2) is 9.78 Å². The lowest BCUT2D eigenvalue weighted by atomic mass is 10.1. The molecular weight excluding hydrogens is 342 g/mol. The van der Waals surface area contributed by atoms with Gasteiger partial charge in [-0.05, 0) is 44.4 Å². The Balaban J connectivity index is 2.02. The number of H-pyrrole nitrogens is 1. The van der Waals surface area contributed by atoms with Crippen molar-refractivity contribution in [1.29, 1.82) is 0 Å². The van der Waals surface area contributed by atoms with Crippen molar-refractivity contribution >= 4 is 22.9 Å². The van der Waals surface area contributed by atoms with Crippen molar-refractivity contribution in [2.75, 3.05) is 19.7 Å². The van der Waals surface area contributed by atoms with Crippen LogP contribution in [0.2, 0.25) is 0 Å². The molecule has 146 valence electrons. The number of benzene rings is 1. The van der Waals surface area contributed by atoms with E-state index in [9.17, 15) is 9.59 Å². The van der Waals surface area contributed by atoms with Crippen molar-refractivity contribution in [2.45, 2.75) is 46.5 Å². The van der Waals surface area contributed by atoms with Gasteiger partial charge in [0, 0.05) is 30.6 Å². The summed E-state index contributed by atoms with van der Waals surface area (Å²) in [6, 6.07) is 5.58. The number of carbonyl (C=O) groups excluding carboxylic acids is 2. The molecule has 1 aromatic heterocycles. The van der Waals surface area contributed by atoms with E-state index in [0.29, 0.717) is 30.6 Å². The van der Waals surface area contributed by atoms with E-state index in [4.69, 9.17) is 4.74 Å².